The fourth-order valence-corrected chi connectivity index (χ4v) is 3.38. The average Bonchev–Trinajstić information content (AvgIpc) is 2.63. The van der Waals surface area contributed by atoms with Gasteiger partial charge in [-0.2, -0.15) is 0 Å². The molecule has 1 aromatic heterocycles. The van der Waals surface area contributed by atoms with Gasteiger partial charge in [-0.1, -0.05) is 36.4 Å². The quantitative estimate of drug-likeness (QED) is 0.767. The highest BCUT2D eigenvalue weighted by Gasteiger charge is 2.19. The molecule has 0 bridgehead atoms. The Morgan fingerprint density at radius 1 is 0.917 bits per heavy atom. The van der Waals surface area contributed by atoms with Gasteiger partial charge in [0.05, 0.1) is 5.69 Å². The average molecular weight is 318 g/mol. The number of benzene rings is 2. The van der Waals surface area contributed by atoms with Crippen LogP contribution in [0, 0.1) is 0 Å². The lowest BCUT2D eigenvalue weighted by molar-refractivity contribution is 0.410. The second-order valence-corrected chi connectivity index (χ2v) is 6.58. The van der Waals surface area contributed by atoms with E-state index in [2.05, 4.69) is 52.8 Å². The zero-order valence-corrected chi connectivity index (χ0v) is 13.7. The third-order valence-electron chi connectivity index (χ3n) is 4.81. The van der Waals surface area contributed by atoms with Crippen LogP contribution >= 0.6 is 0 Å². The second kappa shape index (κ2) is 6.57. The Morgan fingerprint density at radius 3 is 2.54 bits per heavy atom. The first-order chi connectivity index (χ1) is 11.8. The van der Waals surface area contributed by atoms with Gasteiger partial charge in [0.25, 0.3) is 0 Å². The van der Waals surface area contributed by atoms with Crippen molar-refractivity contribution in [1.82, 2.24) is 9.97 Å². The zero-order chi connectivity index (χ0) is 16.4. The minimum atomic E-state index is 0.355. The Labute approximate surface area is 142 Å². The van der Waals surface area contributed by atoms with E-state index in [1.54, 1.807) is 0 Å². The largest absolute Gasteiger partial charge is 0.351 e. The second-order valence-electron chi connectivity index (χ2n) is 6.58. The Balaban J connectivity index is 1.57. The van der Waals surface area contributed by atoms with Crippen molar-refractivity contribution >= 4 is 16.7 Å². The molecule has 0 unspecified atom stereocenters. The molecule has 4 nitrogen and oxygen atoms in total. The minimum absolute atomic E-state index is 0.355. The van der Waals surface area contributed by atoms with Crippen molar-refractivity contribution in [2.75, 3.05) is 5.32 Å². The van der Waals surface area contributed by atoms with Crippen molar-refractivity contribution in [1.29, 1.82) is 0 Å². The number of fused-ring (bicyclic) bond motifs is 1. The Kier molecular flexibility index (Phi) is 4.13. The van der Waals surface area contributed by atoms with Gasteiger partial charge in [-0.3, -0.25) is 0 Å². The molecule has 1 aliphatic rings. The zero-order valence-electron chi connectivity index (χ0n) is 13.7. The first-order valence-electron chi connectivity index (χ1n) is 8.62. The highest BCUT2D eigenvalue weighted by molar-refractivity contribution is 5.86. The summed E-state index contributed by atoms with van der Waals surface area (Å²) in [6.45, 7) is 0. The summed E-state index contributed by atoms with van der Waals surface area (Å²) < 4.78 is 0. The van der Waals surface area contributed by atoms with Crippen LogP contribution in [0.1, 0.15) is 25.7 Å². The topological polar surface area (TPSA) is 63.8 Å². The fraction of sp³-hybridized carbons (Fsp3) is 0.300. The normalized spacial score (nSPS) is 20.9. The highest BCUT2D eigenvalue weighted by Crippen LogP contribution is 2.24. The first kappa shape index (κ1) is 15.1. The van der Waals surface area contributed by atoms with E-state index in [4.69, 9.17) is 10.7 Å². The van der Waals surface area contributed by atoms with E-state index in [9.17, 15) is 0 Å². The summed E-state index contributed by atoms with van der Waals surface area (Å²) in [6.07, 6.45) is 6.15. The maximum atomic E-state index is 5.98. The summed E-state index contributed by atoms with van der Waals surface area (Å²) in [7, 11) is 0. The molecule has 1 fully saturated rings. The molecule has 3 N–H and O–H groups in total. The number of hydrogen-bond donors (Lipinski definition) is 2. The predicted molar refractivity (Wildman–Crippen MR) is 98.8 cm³/mol. The fourth-order valence-electron chi connectivity index (χ4n) is 3.38. The maximum Gasteiger partial charge on any atom is 0.223 e. The summed E-state index contributed by atoms with van der Waals surface area (Å²) in [5.74, 6) is 0.709. The number of hydrogen-bond acceptors (Lipinski definition) is 4. The van der Waals surface area contributed by atoms with Crippen LogP contribution in [0.3, 0.4) is 0 Å². The molecule has 1 heterocycles. The third kappa shape index (κ3) is 3.24. The van der Waals surface area contributed by atoms with Gasteiger partial charge in [0.15, 0.2) is 0 Å². The maximum absolute atomic E-state index is 5.98. The molecule has 0 saturated heterocycles. The van der Waals surface area contributed by atoms with Crippen LogP contribution in [0.4, 0.5) is 5.95 Å². The lowest BCUT2D eigenvalue weighted by atomic mass is 9.92. The molecule has 0 radical (unpaired) electrons. The van der Waals surface area contributed by atoms with Crippen LogP contribution in [0.25, 0.3) is 22.0 Å². The number of rotatable bonds is 3. The summed E-state index contributed by atoms with van der Waals surface area (Å²) >= 11 is 0. The van der Waals surface area contributed by atoms with E-state index in [1.807, 2.05) is 12.3 Å². The molecule has 0 amide bonds. The Hall–Kier alpha value is -2.46. The Morgan fingerprint density at radius 2 is 1.71 bits per heavy atom. The summed E-state index contributed by atoms with van der Waals surface area (Å²) in [6, 6.07) is 17.6. The number of nitrogens with one attached hydrogen (secondary N) is 1. The minimum Gasteiger partial charge on any atom is -0.351 e. The van der Waals surface area contributed by atoms with Gasteiger partial charge in [-0.25, -0.2) is 9.97 Å². The van der Waals surface area contributed by atoms with Gasteiger partial charge in [0, 0.05) is 23.8 Å². The highest BCUT2D eigenvalue weighted by atomic mass is 15.1. The van der Waals surface area contributed by atoms with Crippen LogP contribution in [0.2, 0.25) is 0 Å². The molecule has 122 valence electrons. The molecule has 1 saturated carbocycles. The van der Waals surface area contributed by atoms with E-state index in [0.717, 1.165) is 36.9 Å². The number of aromatic nitrogens is 2. The van der Waals surface area contributed by atoms with E-state index >= 15 is 0 Å². The van der Waals surface area contributed by atoms with E-state index in [1.165, 1.54) is 10.8 Å². The SMILES string of the molecule is NC1CCC(Nc2nccc(-c3ccc4ccccc4c3)n2)CC1. The van der Waals surface area contributed by atoms with E-state index in [0.29, 0.717) is 18.0 Å². The molecule has 0 aliphatic heterocycles. The molecule has 3 aromatic rings. The van der Waals surface area contributed by atoms with Gasteiger partial charge < -0.3 is 11.1 Å². The van der Waals surface area contributed by atoms with Gasteiger partial charge in [0.1, 0.15) is 0 Å². The molecule has 4 rings (SSSR count). The van der Waals surface area contributed by atoms with Gasteiger partial charge in [0.2, 0.25) is 5.95 Å². The molecular formula is C20H22N4. The molecule has 2 aromatic carbocycles. The van der Waals surface area contributed by atoms with Crippen LogP contribution in [-0.4, -0.2) is 22.1 Å². The van der Waals surface area contributed by atoms with Gasteiger partial charge in [-0.15, -0.1) is 0 Å². The number of anilines is 1. The van der Waals surface area contributed by atoms with Crippen molar-refractivity contribution in [3.63, 3.8) is 0 Å². The van der Waals surface area contributed by atoms with Crippen LogP contribution in [0.5, 0.6) is 0 Å². The van der Waals surface area contributed by atoms with Crippen molar-refractivity contribution in [3.8, 4) is 11.3 Å². The monoisotopic (exact) mass is 318 g/mol. The van der Waals surface area contributed by atoms with Crippen molar-refractivity contribution in [2.45, 2.75) is 37.8 Å². The Bertz CT molecular complexity index is 838. The third-order valence-corrected chi connectivity index (χ3v) is 4.81. The summed E-state index contributed by atoms with van der Waals surface area (Å²) in [5, 5.41) is 5.94. The molecule has 24 heavy (non-hydrogen) atoms. The van der Waals surface area contributed by atoms with E-state index < -0.39 is 0 Å². The number of nitrogens with zero attached hydrogens (tertiary/aromatic N) is 2. The summed E-state index contributed by atoms with van der Waals surface area (Å²) in [4.78, 5) is 9.10. The lowest BCUT2D eigenvalue weighted by Gasteiger charge is -2.26. The summed E-state index contributed by atoms with van der Waals surface area (Å²) in [5.41, 5.74) is 8.04. The van der Waals surface area contributed by atoms with Gasteiger partial charge >= 0.3 is 0 Å². The molecule has 1 aliphatic carbocycles. The van der Waals surface area contributed by atoms with E-state index in [-0.39, 0.29) is 0 Å². The van der Waals surface area contributed by atoms with Gasteiger partial charge in [-0.05, 0) is 48.6 Å². The van der Waals surface area contributed by atoms with Crippen molar-refractivity contribution < 1.29 is 0 Å². The molecule has 0 atom stereocenters. The molecular weight excluding hydrogens is 296 g/mol. The van der Waals surface area contributed by atoms with Crippen LogP contribution < -0.4 is 11.1 Å². The van der Waals surface area contributed by atoms with Crippen molar-refractivity contribution in [2.24, 2.45) is 5.73 Å². The molecule has 4 heteroatoms. The molecule has 0 spiro atoms. The van der Waals surface area contributed by atoms with Crippen LogP contribution in [0.15, 0.2) is 54.7 Å². The van der Waals surface area contributed by atoms with Crippen LogP contribution in [-0.2, 0) is 0 Å². The smallest absolute Gasteiger partial charge is 0.223 e. The van der Waals surface area contributed by atoms with Crippen molar-refractivity contribution in [3.05, 3.63) is 54.7 Å². The standard InChI is InChI=1S/C20H22N4/c21-17-7-9-18(10-8-17)23-20-22-12-11-19(24-20)16-6-5-14-3-1-2-4-15(14)13-16/h1-6,11-13,17-18H,7-10,21H2,(H,22,23,24). The number of nitrogens with two attached hydrogens (primary N) is 1. The predicted octanol–water partition coefficient (Wildman–Crippen LogP) is 3.98. The lowest BCUT2D eigenvalue weighted by Crippen LogP contribution is -2.33. The first-order valence-corrected chi connectivity index (χ1v) is 8.62.